The molecular formula is C26H31O2PS2. The highest BCUT2D eigenvalue weighted by atomic mass is 32.9. The van der Waals surface area contributed by atoms with E-state index in [1.54, 1.807) is 11.4 Å². The van der Waals surface area contributed by atoms with Crippen LogP contribution in [0.3, 0.4) is 0 Å². The van der Waals surface area contributed by atoms with Crippen LogP contribution in [0.1, 0.15) is 43.4 Å². The smallest absolute Gasteiger partial charge is 0.348 e. The highest BCUT2D eigenvalue weighted by Crippen LogP contribution is 2.61. The Labute approximate surface area is 196 Å². The van der Waals surface area contributed by atoms with Crippen molar-refractivity contribution in [2.45, 2.75) is 46.0 Å². The Kier molecular flexibility index (Phi) is 9.52. The summed E-state index contributed by atoms with van der Waals surface area (Å²) in [6.45, 7) is 4.36. The summed E-state index contributed by atoms with van der Waals surface area (Å²) in [5.74, 6) is 2.56. The molecule has 0 aliphatic rings. The number of hydrogen-bond donors (Lipinski definition) is 0. The minimum absolute atomic E-state index is 0.854. The Bertz CT molecular complexity index is 936. The average Bonchev–Trinajstić information content (AvgIpc) is 2.78. The van der Waals surface area contributed by atoms with E-state index in [2.05, 4.69) is 62.4 Å². The first kappa shape index (κ1) is 23.9. The molecule has 0 aliphatic carbocycles. The minimum atomic E-state index is -2.65. The van der Waals surface area contributed by atoms with Gasteiger partial charge in [-0.3, -0.25) is 0 Å². The molecule has 0 aliphatic heterocycles. The minimum Gasteiger partial charge on any atom is -0.428 e. The molecule has 3 rings (SSSR count). The predicted molar refractivity (Wildman–Crippen MR) is 139 cm³/mol. The van der Waals surface area contributed by atoms with E-state index in [1.807, 2.05) is 30.3 Å². The van der Waals surface area contributed by atoms with Gasteiger partial charge in [-0.1, -0.05) is 93.4 Å². The zero-order valence-corrected chi connectivity index (χ0v) is 20.9. The Morgan fingerprint density at radius 3 is 1.68 bits per heavy atom. The summed E-state index contributed by atoms with van der Waals surface area (Å²) in [5.41, 5.74) is 1.03. The molecule has 0 N–H and O–H groups in total. The van der Waals surface area contributed by atoms with Gasteiger partial charge in [-0.15, -0.1) is 0 Å². The van der Waals surface area contributed by atoms with Gasteiger partial charge in [0.05, 0.1) is 0 Å². The lowest BCUT2D eigenvalue weighted by atomic mass is 10.1. The van der Waals surface area contributed by atoms with Crippen LogP contribution in [0.4, 0.5) is 0 Å². The lowest BCUT2D eigenvalue weighted by molar-refractivity contribution is 0.498. The topological polar surface area (TPSA) is 18.5 Å². The molecule has 0 aromatic heterocycles. The highest BCUT2D eigenvalue weighted by molar-refractivity contribution is 8.68. The standard InChI is InChI=1S/C26H31O2PS2/c1-3-12-23-16-8-10-18-25(23)27-29(30,31-21-20-22-14-6-5-7-15-22)28-26-19-11-9-17-24(26)13-4-2/h5-11,14-19H,3-4,12-13,20-21H2,1-2H3. The van der Waals surface area contributed by atoms with Crippen molar-refractivity contribution < 1.29 is 9.05 Å². The molecule has 0 unspecified atom stereocenters. The van der Waals surface area contributed by atoms with Crippen molar-refractivity contribution in [1.82, 2.24) is 0 Å². The number of benzene rings is 3. The lowest BCUT2D eigenvalue weighted by Crippen LogP contribution is -2.03. The number of para-hydroxylation sites is 2. The maximum atomic E-state index is 6.53. The molecule has 0 atom stereocenters. The van der Waals surface area contributed by atoms with Crippen molar-refractivity contribution >= 4 is 28.9 Å². The predicted octanol–water partition coefficient (Wildman–Crippen LogP) is 8.25. The van der Waals surface area contributed by atoms with E-state index < -0.39 is 5.69 Å². The molecule has 0 amide bonds. The maximum absolute atomic E-state index is 6.53. The molecule has 0 heterocycles. The molecule has 31 heavy (non-hydrogen) atoms. The zero-order chi connectivity index (χ0) is 21.9. The fraction of sp³-hybridized carbons (Fsp3) is 0.308. The third kappa shape index (κ3) is 7.42. The second-order valence-electron chi connectivity index (χ2n) is 7.41. The van der Waals surface area contributed by atoms with E-state index in [0.29, 0.717) is 0 Å². The van der Waals surface area contributed by atoms with Gasteiger partial charge in [0.15, 0.2) is 0 Å². The van der Waals surface area contributed by atoms with Gasteiger partial charge < -0.3 is 9.05 Å². The molecule has 3 aromatic rings. The summed E-state index contributed by atoms with van der Waals surface area (Å²) < 4.78 is 13.1. The lowest BCUT2D eigenvalue weighted by Gasteiger charge is -2.25. The largest absolute Gasteiger partial charge is 0.428 e. The van der Waals surface area contributed by atoms with Crippen LogP contribution in [0.25, 0.3) is 0 Å². The van der Waals surface area contributed by atoms with Gasteiger partial charge in [-0.05, 0) is 71.3 Å². The van der Waals surface area contributed by atoms with Gasteiger partial charge in [0.2, 0.25) is 0 Å². The highest BCUT2D eigenvalue weighted by Gasteiger charge is 2.26. The fourth-order valence-corrected chi connectivity index (χ4v) is 7.80. The van der Waals surface area contributed by atoms with Crippen LogP contribution in [0.15, 0.2) is 78.9 Å². The van der Waals surface area contributed by atoms with E-state index in [4.69, 9.17) is 20.9 Å². The van der Waals surface area contributed by atoms with Gasteiger partial charge in [-0.25, -0.2) is 0 Å². The summed E-state index contributed by atoms with van der Waals surface area (Å²) in [4.78, 5) is 0. The van der Waals surface area contributed by atoms with Crippen molar-refractivity contribution in [1.29, 1.82) is 0 Å². The molecule has 164 valence electrons. The van der Waals surface area contributed by atoms with E-state index in [1.165, 1.54) is 16.7 Å². The van der Waals surface area contributed by atoms with Crippen LogP contribution < -0.4 is 9.05 Å². The normalized spacial score (nSPS) is 11.3. The van der Waals surface area contributed by atoms with Gasteiger partial charge in [0.25, 0.3) is 0 Å². The molecule has 0 bridgehead atoms. The average molecular weight is 471 g/mol. The molecule has 0 radical (unpaired) electrons. The van der Waals surface area contributed by atoms with Crippen molar-refractivity contribution in [3.63, 3.8) is 0 Å². The van der Waals surface area contributed by atoms with E-state index in [0.717, 1.165) is 49.4 Å². The van der Waals surface area contributed by atoms with E-state index in [9.17, 15) is 0 Å². The molecule has 5 heteroatoms. The summed E-state index contributed by atoms with van der Waals surface area (Å²) in [6, 6.07) is 26.9. The summed E-state index contributed by atoms with van der Waals surface area (Å²) in [7, 11) is 0. The zero-order valence-electron chi connectivity index (χ0n) is 18.3. The fourth-order valence-electron chi connectivity index (χ4n) is 3.37. The Hall–Kier alpha value is -1.74. The molecular weight excluding hydrogens is 439 g/mol. The van der Waals surface area contributed by atoms with Gasteiger partial charge in [0, 0.05) is 5.75 Å². The molecule has 2 nitrogen and oxygen atoms in total. The first-order valence-electron chi connectivity index (χ1n) is 11.0. The third-order valence-electron chi connectivity index (χ3n) is 4.89. The second-order valence-corrected chi connectivity index (χ2v) is 13.7. The van der Waals surface area contributed by atoms with Crippen molar-refractivity contribution in [2.24, 2.45) is 0 Å². The monoisotopic (exact) mass is 470 g/mol. The second kappa shape index (κ2) is 12.3. The summed E-state index contributed by atoms with van der Waals surface area (Å²) >= 11 is 7.74. The Morgan fingerprint density at radius 2 is 1.16 bits per heavy atom. The number of aryl methyl sites for hydroxylation is 3. The molecule has 0 fully saturated rings. The van der Waals surface area contributed by atoms with Gasteiger partial charge in [0.1, 0.15) is 11.5 Å². The number of hydrogen-bond acceptors (Lipinski definition) is 4. The summed E-state index contributed by atoms with van der Waals surface area (Å²) in [5, 5.41) is 0. The summed E-state index contributed by atoms with van der Waals surface area (Å²) in [6.07, 6.45) is 4.98. The Balaban J connectivity index is 1.83. The molecule has 3 aromatic carbocycles. The molecule has 0 saturated carbocycles. The Morgan fingerprint density at radius 1 is 0.677 bits per heavy atom. The van der Waals surface area contributed by atoms with Crippen molar-refractivity contribution in [2.75, 3.05) is 5.75 Å². The SMILES string of the molecule is CCCc1ccccc1OP(=S)(Oc1ccccc1CCC)SCCc1ccccc1. The van der Waals surface area contributed by atoms with Crippen molar-refractivity contribution in [3.8, 4) is 11.5 Å². The first-order valence-corrected chi connectivity index (χ1v) is 15.2. The number of rotatable bonds is 12. The molecule has 0 spiro atoms. The van der Waals surface area contributed by atoms with Crippen LogP contribution in [-0.4, -0.2) is 5.75 Å². The van der Waals surface area contributed by atoms with Gasteiger partial charge >= 0.3 is 5.69 Å². The van der Waals surface area contributed by atoms with E-state index in [-0.39, 0.29) is 0 Å². The first-order chi connectivity index (χ1) is 15.1. The van der Waals surface area contributed by atoms with Crippen LogP contribution >= 0.6 is 17.1 Å². The quantitative estimate of drug-likeness (QED) is 0.248. The van der Waals surface area contributed by atoms with Gasteiger partial charge in [-0.2, -0.15) is 0 Å². The molecule has 0 saturated heterocycles. The van der Waals surface area contributed by atoms with Crippen LogP contribution in [-0.2, 0) is 31.1 Å². The van der Waals surface area contributed by atoms with Crippen molar-refractivity contribution in [3.05, 3.63) is 95.6 Å². The van der Waals surface area contributed by atoms with Crippen LogP contribution in [0.2, 0.25) is 0 Å². The third-order valence-corrected chi connectivity index (χ3v) is 9.77. The van der Waals surface area contributed by atoms with Crippen LogP contribution in [0.5, 0.6) is 11.5 Å². The van der Waals surface area contributed by atoms with E-state index >= 15 is 0 Å². The maximum Gasteiger partial charge on any atom is 0.348 e. The van der Waals surface area contributed by atoms with Crippen LogP contribution in [0, 0.1) is 0 Å².